The molecule has 0 unspecified atom stereocenters. The summed E-state index contributed by atoms with van der Waals surface area (Å²) in [5.74, 6) is 0.100. The van der Waals surface area contributed by atoms with E-state index in [2.05, 4.69) is 47.2 Å². The zero-order chi connectivity index (χ0) is 24.4. The van der Waals surface area contributed by atoms with Gasteiger partial charge in [-0.1, -0.05) is 42.7 Å². The molecule has 0 radical (unpaired) electrons. The van der Waals surface area contributed by atoms with Gasteiger partial charge in [0.25, 0.3) is 5.91 Å². The van der Waals surface area contributed by atoms with Gasteiger partial charge >= 0.3 is 0 Å². The second kappa shape index (κ2) is 9.86. The zero-order valence-corrected chi connectivity index (χ0v) is 20.7. The van der Waals surface area contributed by atoms with E-state index in [4.69, 9.17) is 4.74 Å². The molecule has 2 N–H and O–H groups in total. The number of hydrogen-bond acceptors (Lipinski definition) is 3. The number of aryl methyl sites for hydroxylation is 1. The third-order valence-electron chi connectivity index (χ3n) is 7.47. The van der Waals surface area contributed by atoms with Crippen LogP contribution in [-0.4, -0.2) is 35.1 Å². The van der Waals surface area contributed by atoms with Crippen LogP contribution in [0.15, 0.2) is 48.5 Å². The lowest BCUT2D eigenvalue weighted by atomic mass is 10.0. The summed E-state index contributed by atoms with van der Waals surface area (Å²) >= 11 is 0. The van der Waals surface area contributed by atoms with Gasteiger partial charge in [0.2, 0.25) is 5.91 Å². The molecule has 1 aromatic heterocycles. The molecule has 3 aromatic rings. The maximum Gasteiger partial charge on any atom is 0.268 e. The summed E-state index contributed by atoms with van der Waals surface area (Å²) in [5.41, 5.74) is 4.39. The maximum atomic E-state index is 13.4. The van der Waals surface area contributed by atoms with Gasteiger partial charge in [-0.2, -0.15) is 0 Å². The molecule has 2 fully saturated rings. The number of carbonyl (C=O) groups excluding carboxylic acids is 2. The average Bonchev–Trinajstić information content (AvgIpc) is 3.59. The number of nitrogens with one attached hydrogen (secondary N) is 2. The highest BCUT2D eigenvalue weighted by atomic mass is 16.5. The quantitative estimate of drug-likeness (QED) is 0.481. The Balaban J connectivity index is 1.44. The Morgan fingerprint density at radius 1 is 1.09 bits per heavy atom. The number of carbonyl (C=O) groups is 2. The molecule has 2 aliphatic rings. The van der Waals surface area contributed by atoms with Crippen LogP contribution < -0.4 is 10.6 Å². The van der Waals surface area contributed by atoms with Crippen molar-refractivity contribution in [1.82, 2.24) is 9.88 Å². The first-order valence-corrected chi connectivity index (χ1v) is 12.8. The van der Waals surface area contributed by atoms with Gasteiger partial charge in [-0.3, -0.25) is 9.59 Å². The number of ether oxygens (including phenoxy) is 1. The number of amides is 2. The van der Waals surface area contributed by atoms with Gasteiger partial charge in [0.05, 0.1) is 5.60 Å². The summed E-state index contributed by atoms with van der Waals surface area (Å²) in [4.78, 5) is 26.0. The number of benzene rings is 2. The molecule has 1 aliphatic carbocycles. The van der Waals surface area contributed by atoms with Crippen LogP contribution in [0.2, 0.25) is 0 Å². The van der Waals surface area contributed by atoms with E-state index in [1.54, 1.807) is 0 Å². The highest BCUT2D eigenvalue weighted by Gasteiger charge is 2.30. The van der Waals surface area contributed by atoms with Gasteiger partial charge in [0.15, 0.2) is 0 Å². The number of fused-ring (bicyclic) bond motifs is 1. The van der Waals surface area contributed by atoms with E-state index in [1.807, 2.05) is 30.3 Å². The van der Waals surface area contributed by atoms with Crippen LogP contribution in [0.1, 0.15) is 67.1 Å². The molecule has 1 saturated carbocycles. The zero-order valence-electron chi connectivity index (χ0n) is 20.7. The van der Waals surface area contributed by atoms with Crippen LogP contribution in [0.3, 0.4) is 0 Å². The number of rotatable bonds is 7. The minimum Gasteiger partial charge on any atom is -0.373 e. The van der Waals surface area contributed by atoms with E-state index in [0.717, 1.165) is 67.3 Å². The fourth-order valence-electron chi connectivity index (χ4n) is 5.47. The monoisotopic (exact) mass is 473 g/mol. The van der Waals surface area contributed by atoms with E-state index in [0.29, 0.717) is 18.8 Å². The molecule has 35 heavy (non-hydrogen) atoms. The molecular formula is C29H35N3O3. The number of anilines is 1. The summed E-state index contributed by atoms with van der Waals surface area (Å²) in [6.45, 7) is 5.96. The molecule has 2 heterocycles. The van der Waals surface area contributed by atoms with Crippen molar-refractivity contribution in [3.63, 3.8) is 0 Å². The first-order valence-electron chi connectivity index (χ1n) is 12.8. The Hall–Kier alpha value is -3.12. The molecule has 0 spiro atoms. The first-order chi connectivity index (χ1) is 16.9. The van der Waals surface area contributed by atoms with E-state index in [-0.39, 0.29) is 23.3 Å². The van der Waals surface area contributed by atoms with Crippen molar-refractivity contribution < 1.29 is 14.3 Å². The van der Waals surface area contributed by atoms with E-state index in [9.17, 15) is 9.59 Å². The Bertz CT molecular complexity index is 1230. The van der Waals surface area contributed by atoms with E-state index < -0.39 is 0 Å². The van der Waals surface area contributed by atoms with Gasteiger partial charge in [-0.05, 0) is 69.4 Å². The second-order valence-electron chi connectivity index (χ2n) is 10.4. The average molecular weight is 474 g/mol. The number of hydrogen-bond donors (Lipinski definition) is 2. The Morgan fingerprint density at radius 2 is 1.91 bits per heavy atom. The molecule has 6 nitrogen and oxygen atoms in total. The largest absolute Gasteiger partial charge is 0.373 e. The van der Waals surface area contributed by atoms with Gasteiger partial charge in [-0.25, -0.2) is 0 Å². The van der Waals surface area contributed by atoms with Crippen LogP contribution in [0, 0.1) is 12.8 Å². The van der Waals surface area contributed by atoms with Gasteiger partial charge < -0.3 is 19.9 Å². The topological polar surface area (TPSA) is 72.4 Å². The second-order valence-corrected chi connectivity index (χ2v) is 10.4. The van der Waals surface area contributed by atoms with Crippen molar-refractivity contribution in [2.45, 2.75) is 64.5 Å². The van der Waals surface area contributed by atoms with Crippen molar-refractivity contribution in [1.29, 1.82) is 0 Å². The minimum atomic E-state index is -0.305. The fraction of sp³-hybridized carbons (Fsp3) is 0.448. The summed E-state index contributed by atoms with van der Waals surface area (Å²) < 4.78 is 7.93. The molecule has 5 rings (SSSR count). The molecule has 1 aliphatic heterocycles. The highest BCUT2D eigenvalue weighted by molar-refractivity contribution is 6.01. The molecule has 184 valence electrons. The SMILES string of the molecule is Cc1cccc(Cn2c(C(=O)NC[C@@]3(C)CCCO3)cc3cc(NC(=O)C4CCCC4)ccc32)c1. The summed E-state index contributed by atoms with van der Waals surface area (Å²) in [6.07, 6.45) is 6.16. The van der Waals surface area contributed by atoms with Gasteiger partial charge in [0, 0.05) is 42.2 Å². The van der Waals surface area contributed by atoms with Crippen molar-refractivity contribution >= 4 is 28.4 Å². The lowest BCUT2D eigenvalue weighted by Gasteiger charge is -2.23. The third-order valence-corrected chi connectivity index (χ3v) is 7.47. The Morgan fingerprint density at radius 3 is 2.66 bits per heavy atom. The maximum absolute atomic E-state index is 13.4. The lowest BCUT2D eigenvalue weighted by molar-refractivity contribution is -0.119. The molecule has 2 aromatic carbocycles. The molecule has 1 atom stereocenters. The van der Waals surface area contributed by atoms with E-state index >= 15 is 0 Å². The van der Waals surface area contributed by atoms with Crippen LogP contribution >= 0.6 is 0 Å². The minimum absolute atomic E-state index is 0.101. The molecule has 6 heteroatoms. The van der Waals surface area contributed by atoms with Gasteiger partial charge in [-0.15, -0.1) is 0 Å². The van der Waals surface area contributed by atoms with Crippen molar-refractivity contribution in [2.24, 2.45) is 5.92 Å². The molecule has 0 bridgehead atoms. The van der Waals surface area contributed by atoms with Crippen molar-refractivity contribution in [3.05, 3.63) is 65.4 Å². The predicted molar refractivity (Wildman–Crippen MR) is 139 cm³/mol. The first kappa shape index (κ1) is 23.6. The van der Waals surface area contributed by atoms with Crippen LogP contribution in [0.4, 0.5) is 5.69 Å². The Labute approximate surface area is 207 Å². The third kappa shape index (κ3) is 5.27. The van der Waals surface area contributed by atoms with Crippen LogP contribution in [0.25, 0.3) is 10.9 Å². The molecule has 2 amide bonds. The highest BCUT2D eigenvalue weighted by Crippen LogP contribution is 2.29. The van der Waals surface area contributed by atoms with Crippen molar-refractivity contribution in [3.8, 4) is 0 Å². The van der Waals surface area contributed by atoms with Gasteiger partial charge in [0.1, 0.15) is 5.69 Å². The smallest absolute Gasteiger partial charge is 0.268 e. The fourth-order valence-corrected chi connectivity index (χ4v) is 5.47. The molecule has 1 saturated heterocycles. The normalized spacial score (nSPS) is 20.4. The number of nitrogens with zero attached hydrogens (tertiary/aromatic N) is 1. The summed E-state index contributed by atoms with van der Waals surface area (Å²) in [7, 11) is 0. The lowest BCUT2D eigenvalue weighted by Crippen LogP contribution is -2.40. The number of aromatic nitrogens is 1. The standard InChI is InChI=1S/C29H35N3O3/c1-20-7-5-8-21(15-20)18-32-25-12-11-24(31-27(33)22-9-3-4-10-22)16-23(25)17-26(32)28(34)30-19-29(2)13-6-14-35-29/h5,7-8,11-12,15-17,22H,3-4,6,9-10,13-14,18-19H2,1-2H3,(H,30,34)(H,31,33)/t29-/m1/s1. The van der Waals surface area contributed by atoms with Crippen molar-refractivity contribution in [2.75, 3.05) is 18.5 Å². The summed E-state index contributed by atoms with van der Waals surface area (Å²) in [6, 6.07) is 16.2. The molecular weight excluding hydrogens is 438 g/mol. The van der Waals surface area contributed by atoms with E-state index in [1.165, 1.54) is 5.56 Å². The Kier molecular flexibility index (Phi) is 6.65. The summed E-state index contributed by atoms with van der Waals surface area (Å²) in [5, 5.41) is 7.14. The van der Waals surface area contributed by atoms with Crippen LogP contribution in [0.5, 0.6) is 0 Å². The van der Waals surface area contributed by atoms with Crippen LogP contribution in [-0.2, 0) is 16.1 Å². The predicted octanol–water partition coefficient (Wildman–Crippen LogP) is 5.43.